The Kier molecular flexibility index (Phi) is 5.01. The van der Waals surface area contributed by atoms with Crippen LogP contribution in [0.1, 0.15) is 107 Å². The van der Waals surface area contributed by atoms with Crippen molar-refractivity contribution in [2.24, 2.45) is 0 Å². The molecule has 1 atom stereocenters. The summed E-state index contributed by atoms with van der Waals surface area (Å²) in [6.45, 7) is 0. The van der Waals surface area contributed by atoms with Crippen LogP contribution < -0.4 is 0 Å². The molecule has 1 N–H and O–H groups in total. The minimum atomic E-state index is -1.09. The Bertz CT molecular complexity index is 1940. The van der Waals surface area contributed by atoms with Gasteiger partial charge in [-0.3, -0.25) is 34.2 Å². The van der Waals surface area contributed by atoms with Gasteiger partial charge in [0, 0.05) is 68.7 Å². The second-order valence-electron chi connectivity index (χ2n) is 12.4. The Morgan fingerprint density at radius 3 is 1.93 bits per heavy atom. The van der Waals surface area contributed by atoms with Crippen LogP contribution in [0.5, 0.6) is 0 Å². The maximum atomic E-state index is 13.9. The van der Waals surface area contributed by atoms with E-state index in [1.165, 1.54) is 4.90 Å². The van der Waals surface area contributed by atoms with Gasteiger partial charge in [0.1, 0.15) is 0 Å². The highest BCUT2D eigenvalue weighted by Gasteiger charge is 2.41. The van der Waals surface area contributed by atoms with E-state index in [1.54, 1.807) is 29.6 Å². The third-order valence-electron chi connectivity index (χ3n) is 10.3. The lowest BCUT2D eigenvalue weighted by atomic mass is 9.86. The van der Waals surface area contributed by atoms with Crippen LogP contribution in [-0.4, -0.2) is 59.7 Å². The Morgan fingerprint density at radius 1 is 0.595 bits per heavy atom. The summed E-state index contributed by atoms with van der Waals surface area (Å²) in [7, 11) is 0. The summed E-state index contributed by atoms with van der Waals surface area (Å²) in [4.78, 5) is 59.0. The molecule has 42 heavy (non-hydrogen) atoms. The topological polar surface area (TPSA) is 117 Å². The predicted octanol–water partition coefficient (Wildman–Crippen LogP) is 5.63. The van der Waals surface area contributed by atoms with Crippen molar-refractivity contribution in [2.45, 2.75) is 82.5 Å². The van der Waals surface area contributed by atoms with Gasteiger partial charge >= 0.3 is 0 Å². The van der Waals surface area contributed by atoms with E-state index in [9.17, 15) is 19.5 Å². The second kappa shape index (κ2) is 8.64. The van der Waals surface area contributed by atoms with Crippen molar-refractivity contribution in [1.82, 2.24) is 24.8 Å². The van der Waals surface area contributed by atoms with E-state index < -0.39 is 6.23 Å². The maximum Gasteiger partial charge on any atom is 0.263 e. The zero-order chi connectivity index (χ0) is 28.3. The summed E-state index contributed by atoms with van der Waals surface area (Å²) in [6.07, 6.45) is 13.5. The SMILES string of the molecule is O=C1c2ccc3c4ncc5c6c(cnc(c7ncc(c2c37)C(=O)N1C1CCCCC1)c64)C(O)N(C1CCCCC1)C5=O. The van der Waals surface area contributed by atoms with Crippen molar-refractivity contribution < 1.29 is 19.5 Å². The van der Waals surface area contributed by atoms with E-state index in [4.69, 9.17) is 15.0 Å². The van der Waals surface area contributed by atoms with Crippen molar-refractivity contribution in [3.63, 3.8) is 0 Å². The molecule has 9 heteroatoms. The third-order valence-corrected chi connectivity index (χ3v) is 10.3. The largest absolute Gasteiger partial charge is 0.369 e. The molecule has 3 amide bonds. The summed E-state index contributed by atoms with van der Waals surface area (Å²) in [5.41, 5.74) is 3.73. The highest BCUT2D eigenvalue weighted by Crippen LogP contribution is 2.46. The first-order chi connectivity index (χ1) is 20.5. The maximum absolute atomic E-state index is 13.9. The molecule has 2 fully saturated rings. The standard InChI is InChI=1S/C33H29N5O4/c39-30-19-12-11-18-25-23(19)20(31(40)37(30)16-7-3-1-4-8-16)14-35-28(25)29-26-24-21(13-34-27(18)26)32(41)38(17-9-5-2-6-10-17)33(42)22(24)15-36-29/h11-17,33,42H,1-10H2. The molecule has 0 saturated heterocycles. The van der Waals surface area contributed by atoms with Crippen molar-refractivity contribution in [3.05, 3.63) is 53.0 Å². The molecule has 5 heterocycles. The Morgan fingerprint density at radius 2 is 1.19 bits per heavy atom. The van der Waals surface area contributed by atoms with E-state index in [0.717, 1.165) is 69.6 Å². The van der Waals surface area contributed by atoms with E-state index in [0.29, 0.717) is 60.3 Å². The molecule has 210 valence electrons. The predicted molar refractivity (Wildman–Crippen MR) is 156 cm³/mol. The van der Waals surface area contributed by atoms with Gasteiger partial charge in [0.05, 0.1) is 27.7 Å². The number of fused-ring (bicyclic) bond motifs is 2. The number of rotatable bonds is 2. The molecule has 0 radical (unpaired) electrons. The number of aliphatic hydroxyl groups is 1. The molecular formula is C33H29N5O4. The van der Waals surface area contributed by atoms with Crippen LogP contribution >= 0.6 is 0 Å². The fraction of sp³-hybridized carbons (Fsp3) is 0.394. The number of aliphatic hydroxyl groups excluding tert-OH is 1. The van der Waals surface area contributed by atoms with E-state index >= 15 is 0 Å². The molecule has 2 saturated carbocycles. The normalized spacial score (nSPS) is 22.0. The fourth-order valence-corrected chi connectivity index (χ4v) is 8.30. The minimum Gasteiger partial charge on any atom is -0.369 e. The Hall–Kier alpha value is -4.24. The quantitative estimate of drug-likeness (QED) is 0.169. The lowest BCUT2D eigenvalue weighted by molar-refractivity contribution is -0.0229. The number of hydrogen-bond donors (Lipinski definition) is 1. The smallest absolute Gasteiger partial charge is 0.263 e. The molecule has 9 rings (SSSR count). The number of pyridine rings is 3. The molecule has 2 aliphatic carbocycles. The summed E-state index contributed by atoms with van der Waals surface area (Å²) in [6, 6.07) is 3.58. The van der Waals surface area contributed by atoms with Crippen molar-refractivity contribution >= 4 is 61.2 Å². The number of carbonyl (C=O) groups excluding carboxylic acids is 3. The summed E-state index contributed by atoms with van der Waals surface area (Å²) >= 11 is 0. The fourth-order valence-electron chi connectivity index (χ4n) is 8.30. The van der Waals surface area contributed by atoms with Gasteiger partial charge in [-0.1, -0.05) is 44.6 Å². The van der Waals surface area contributed by atoms with Crippen LogP contribution in [-0.2, 0) is 0 Å². The number of hydrogen-bond acceptors (Lipinski definition) is 7. The van der Waals surface area contributed by atoms with Gasteiger partial charge in [0.15, 0.2) is 6.23 Å². The van der Waals surface area contributed by atoms with Gasteiger partial charge in [-0.05, 0) is 31.7 Å². The van der Waals surface area contributed by atoms with Gasteiger partial charge in [-0.15, -0.1) is 0 Å². The third kappa shape index (κ3) is 3.01. The Labute approximate surface area is 240 Å². The highest BCUT2D eigenvalue weighted by molar-refractivity contribution is 6.37. The van der Waals surface area contributed by atoms with Gasteiger partial charge in [-0.2, -0.15) is 0 Å². The molecule has 0 bridgehead atoms. The zero-order valence-electron chi connectivity index (χ0n) is 23.1. The molecule has 0 spiro atoms. The lowest BCUT2D eigenvalue weighted by Gasteiger charge is -2.40. The van der Waals surface area contributed by atoms with Crippen molar-refractivity contribution in [2.75, 3.05) is 0 Å². The molecule has 2 aromatic carbocycles. The second-order valence-corrected chi connectivity index (χ2v) is 12.4. The van der Waals surface area contributed by atoms with E-state index in [-0.39, 0.29) is 29.8 Å². The molecular weight excluding hydrogens is 530 g/mol. The van der Waals surface area contributed by atoms with Crippen LogP contribution in [0.4, 0.5) is 0 Å². The monoisotopic (exact) mass is 559 g/mol. The summed E-state index contributed by atoms with van der Waals surface area (Å²) in [5.74, 6) is -0.748. The van der Waals surface area contributed by atoms with Crippen LogP contribution in [0.3, 0.4) is 0 Å². The van der Waals surface area contributed by atoms with Crippen molar-refractivity contribution in [3.8, 4) is 0 Å². The first-order valence-corrected chi connectivity index (χ1v) is 15.2. The average Bonchev–Trinajstić information content (AvgIpc) is 3.03. The summed E-state index contributed by atoms with van der Waals surface area (Å²) < 4.78 is 0. The minimum absolute atomic E-state index is 0.0153. The molecule has 9 nitrogen and oxygen atoms in total. The number of carbonyl (C=O) groups is 3. The number of aromatic nitrogens is 3. The first kappa shape index (κ1) is 24.4. The number of benzene rings is 2. The van der Waals surface area contributed by atoms with Gasteiger partial charge in [-0.25, -0.2) is 0 Å². The number of nitrogens with zero attached hydrogens (tertiary/aromatic N) is 5. The molecule has 3 aromatic heterocycles. The Balaban J connectivity index is 1.29. The highest BCUT2D eigenvalue weighted by atomic mass is 16.3. The van der Waals surface area contributed by atoms with Crippen LogP contribution in [0.2, 0.25) is 0 Å². The average molecular weight is 560 g/mol. The summed E-state index contributed by atoms with van der Waals surface area (Å²) in [5, 5.41) is 14.9. The van der Waals surface area contributed by atoms with Gasteiger partial charge in [0.2, 0.25) is 0 Å². The van der Waals surface area contributed by atoms with Crippen LogP contribution in [0.15, 0.2) is 30.7 Å². The van der Waals surface area contributed by atoms with Crippen LogP contribution in [0, 0.1) is 0 Å². The van der Waals surface area contributed by atoms with E-state index in [1.807, 2.05) is 6.07 Å². The van der Waals surface area contributed by atoms with Crippen molar-refractivity contribution in [1.29, 1.82) is 0 Å². The van der Waals surface area contributed by atoms with Gasteiger partial charge < -0.3 is 10.0 Å². The first-order valence-electron chi connectivity index (χ1n) is 15.2. The van der Waals surface area contributed by atoms with E-state index in [2.05, 4.69) is 0 Å². The number of imide groups is 1. The van der Waals surface area contributed by atoms with Crippen LogP contribution in [0.25, 0.3) is 43.5 Å². The number of amides is 3. The lowest BCUT2D eigenvalue weighted by Crippen LogP contribution is -2.47. The molecule has 5 aromatic rings. The molecule has 1 unspecified atom stereocenters. The zero-order valence-corrected chi connectivity index (χ0v) is 23.1. The molecule has 2 aliphatic heterocycles. The molecule has 4 aliphatic rings. The van der Waals surface area contributed by atoms with Gasteiger partial charge in [0.25, 0.3) is 17.7 Å².